The molecule has 0 unspecified atom stereocenters. The van der Waals surface area contributed by atoms with Crippen LogP contribution in [0.1, 0.15) is 15.9 Å². The van der Waals surface area contributed by atoms with Gasteiger partial charge in [-0.05, 0) is 36.8 Å². The van der Waals surface area contributed by atoms with Crippen molar-refractivity contribution in [3.05, 3.63) is 59.7 Å². The van der Waals surface area contributed by atoms with Crippen molar-refractivity contribution in [3.8, 4) is 0 Å². The molecule has 0 aliphatic heterocycles. The lowest BCUT2D eigenvalue weighted by molar-refractivity contribution is 0.0937. The van der Waals surface area contributed by atoms with Crippen molar-refractivity contribution in [1.29, 1.82) is 0 Å². The molecule has 1 amide bonds. The highest BCUT2D eigenvalue weighted by Crippen LogP contribution is 2.20. The van der Waals surface area contributed by atoms with Crippen LogP contribution in [0, 0.1) is 6.92 Å². The Morgan fingerprint density at radius 3 is 2.58 bits per heavy atom. The van der Waals surface area contributed by atoms with Crippen molar-refractivity contribution in [2.75, 3.05) is 25.0 Å². The second-order valence-electron chi connectivity index (χ2n) is 5.20. The van der Waals surface area contributed by atoms with Gasteiger partial charge < -0.3 is 10.1 Å². The van der Waals surface area contributed by atoms with Gasteiger partial charge in [-0.2, -0.15) is 0 Å². The first kappa shape index (κ1) is 18.0. The van der Waals surface area contributed by atoms with E-state index in [9.17, 15) is 13.2 Å². The van der Waals surface area contributed by atoms with E-state index < -0.39 is 10.0 Å². The number of carbonyl (C=O) groups excluding carboxylic acids is 1. The molecular weight excluding hydrogens is 328 g/mol. The third-order valence-electron chi connectivity index (χ3n) is 3.39. The number of benzene rings is 2. The van der Waals surface area contributed by atoms with Crippen LogP contribution in [-0.4, -0.2) is 34.6 Å². The summed E-state index contributed by atoms with van der Waals surface area (Å²) >= 11 is 0. The third kappa shape index (κ3) is 4.56. The molecule has 2 aromatic carbocycles. The molecule has 0 aromatic heterocycles. The van der Waals surface area contributed by atoms with Crippen LogP contribution < -0.4 is 10.0 Å². The molecule has 0 spiro atoms. The van der Waals surface area contributed by atoms with Crippen molar-refractivity contribution >= 4 is 21.6 Å². The van der Waals surface area contributed by atoms with Gasteiger partial charge in [-0.25, -0.2) is 8.42 Å². The Morgan fingerprint density at radius 2 is 1.88 bits per heavy atom. The summed E-state index contributed by atoms with van der Waals surface area (Å²) in [6, 6.07) is 13.0. The third-order valence-corrected chi connectivity index (χ3v) is 4.75. The number of aryl methyl sites for hydroxylation is 1. The summed E-state index contributed by atoms with van der Waals surface area (Å²) in [5.41, 5.74) is 1.60. The van der Waals surface area contributed by atoms with Crippen molar-refractivity contribution < 1.29 is 17.9 Å². The summed E-state index contributed by atoms with van der Waals surface area (Å²) in [7, 11) is -2.23. The minimum atomic E-state index is -3.77. The van der Waals surface area contributed by atoms with Crippen LogP contribution in [0.4, 0.5) is 5.69 Å². The van der Waals surface area contributed by atoms with Crippen LogP contribution in [0.25, 0.3) is 0 Å². The van der Waals surface area contributed by atoms with Crippen LogP contribution in [0.15, 0.2) is 53.4 Å². The van der Waals surface area contributed by atoms with E-state index in [4.69, 9.17) is 4.74 Å². The number of methoxy groups -OCH3 is 1. The molecule has 6 nitrogen and oxygen atoms in total. The largest absolute Gasteiger partial charge is 0.383 e. The van der Waals surface area contributed by atoms with E-state index >= 15 is 0 Å². The Kier molecular flexibility index (Phi) is 5.94. The van der Waals surface area contributed by atoms with Gasteiger partial charge in [0.15, 0.2) is 0 Å². The minimum absolute atomic E-state index is 0.0325. The van der Waals surface area contributed by atoms with Crippen LogP contribution in [-0.2, 0) is 14.8 Å². The van der Waals surface area contributed by atoms with E-state index in [0.29, 0.717) is 18.8 Å². The van der Waals surface area contributed by atoms with E-state index in [-0.39, 0.29) is 16.4 Å². The van der Waals surface area contributed by atoms with Crippen LogP contribution in [0.3, 0.4) is 0 Å². The van der Waals surface area contributed by atoms with Crippen LogP contribution in [0.5, 0.6) is 0 Å². The molecule has 0 bridgehead atoms. The van der Waals surface area contributed by atoms with E-state index in [1.54, 1.807) is 18.2 Å². The number of nitrogens with one attached hydrogen (secondary N) is 2. The number of ether oxygens (including phenoxy) is 1. The highest BCUT2D eigenvalue weighted by atomic mass is 32.2. The zero-order chi connectivity index (χ0) is 17.6. The highest BCUT2D eigenvalue weighted by Gasteiger charge is 2.17. The molecule has 0 atom stereocenters. The molecular formula is C17H20N2O4S. The maximum Gasteiger partial charge on any atom is 0.261 e. The molecule has 24 heavy (non-hydrogen) atoms. The molecule has 2 rings (SSSR count). The van der Waals surface area contributed by atoms with E-state index in [0.717, 1.165) is 5.56 Å². The van der Waals surface area contributed by atoms with Gasteiger partial charge in [0.1, 0.15) is 0 Å². The summed E-state index contributed by atoms with van der Waals surface area (Å²) in [5.74, 6) is -0.347. The van der Waals surface area contributed by atoms with Crippen molar-refractivity contribution in [1.82, 2.24) is 5.32 Å². The topological polar surface area (TPSA) is 84.5 Å². The zero-order valence-corrected chi connectivity index (χ0v) is 14.4. The Bertz CT molecular complexity index is 819. The van der Waals surface area contributed by atoms with Gasteiger partial charge >= 0.3 is 0 Å². The number of para-hydroxylation sites is 1. The van der Waals surface area contributed by atoms with E-state index in [2.05, 4.69) is 10.0 Å². The van der Waals surface area contributed by atoms with Gasteiger partial charge in [0.2, 0.25) is 0 Å². The van der Waals surface area contributed by atoms with Gasteiger partial charge in [0.05, 0.1) is 17.2 Å². The lowest BCUT2D eigenvalue weighted by Gasteiger charge is -2.11. The summed E-state index contributed by atoms with van der Waals surface area (Å²) < 4.78 is 32.5. The first-order chi connectivity index (χ1) is 11.4. The summed E-state index contributed by atoms with van der Waals surface area (Å²) in [4.78, 5) is 12.1. The van der Waals surface area contributed by atoms with Gasteiger partial charge in [0.25, 0.3) is 15.9 Å². The molecule has 128 valence electrons. The smallest absolute Gasteiger partial charge is 0.261 e. The maximum absolute atomic E-state index is 12.5. The van der Waals surface area contributed by atoms with Crippen molar-refractivity contribution in [2.45, 2.75) is 11.8 Å². The SMILES string of the molecule is COCCNC(=O)c1cccc(S(=O)(=O)Nc2ccccc2C)c1. The summed E-state index contributed by atoms with van der Waals surface area (Å²) in [6.07, 6.45) is 0. The average Bonchev–Trinajstić information content (AvgIpc) is 2.57. The van der Waals surface area contributed by atoms with E-state index in [1.165, 1.54) is 25.3 Å². The molecule has 0 fully saturated rings. The number of anilines is 1. The van der Waals surface area contributed by atoms with Crippen LogP contribution >= 0.6 is 0 Å². The zero-order valence-electron chi connectivity index (χ0n) is 13.6. The number of carbonyl (C=O) groups is 1. The predicted octanol–water partition coefficient (Wildman–Crippen LogP) is 2.17. The first-order valence-corrected chi connectivity index (χ1v) is 8.88. The van der Waals surface area contributed by atoms with Crippen molar-refractivity contribution in [2.24, 2.45) is 0 Å². The quantitative estimate of drug-likeness (QED) is 0.751. The average molecular weight is 348 g/mol. The molecule has 0 heterocycles. The summed E-state index contributed by atoms with van der Waals surface area (Å²) in [5, 5.41) is 2.66. The Balaban J connectivity index is 2.20. The monoisotopic (exact) mass is 348 g/mol. The molecule has 2 aromatic rings. The molecule has 0 radical (unpaired) electrons. The summed E-state index contributed by atoms with van der Waals surface area (Å²) in [6.45, 7) is 2.56. The normalized spacial score (nSPS) is 11.1. The second-order valence-corrected chi connectivity index (χ2v) is 6.88. The number of rotatable bonds is 7. The molecule has 7 heteroatoms. The first-order valence-electron chi connectivity index (χ1n) is 7.39. The second kappa shape index (κ2) is 7.94. The standard InChI is InChI=1S/C17H20N2O4S/c1-13-6-3-4-9-16(13)19-24(21,22)15-8-5-7-14(12-15)17(20)18-10-11-23-2/h3-9,12,19H,10-11H2,1-2H3,(H,18,20). The van der Waals surface area contributed by atoms with Gasteiger partial charge in [-0.3, -0.25) is 9.52 Å². The fraction of sp³-hybridized carbons (Fsp3) is 0.235. The molecule has 0 aliphatic rings. The number of hydrogen-bond acceptors (Lipinski definition) is 4. The highest BCUT2D eigenvalue weighted by molar-refractivity contribution is 7.92. The van der Waals surface area contributed by atoms with Crippen molar-refractivity contribution in [3.63, 3.8) is 0 Å². The molecule has 0 saturated heterocycles. The van der Waals surface area contributed by atoms with E-state index in [1.807, 2.05) is 19.1 Å². The van der Waals surface area contributed by atoms with Crippen LogP contribution in [0.2, 0.25) is 0 Å². The van der Waals surface area contributed by atoms with Gasteiger partial charge in [-0.1, -0.05) is 24.3 Å². The lowest BCUT2D eigenvalue weighted by Crippen LogP contribution is -2.27. The van der Waals surface area contributed by atoms with Gasteiger partial charge in [-0.15, -0.1) is 0 Å². The number of amides is 1. The Labute approximate surface area is 141 Å². The molecule has 0 aliphatic carbocycles. The lowest BCUT2D eigenvalue weighted by atomic mass is 10.2. The molecule has 0 saturated carbocycles. The fourth-order valence-electron chi connectivity index (χ4n) is 2.06. The number of hydrogen-bond donors (Lipinski definition) is 2. The number of sulfonamides is 1. The minimum Gasteiger partial charge on any atom is -0.383 e. The fourth-order valence-corrected chi connectivity index (χ4v) is 3.24. The predicted molar refractivity (Wildman–Crippen MR) is 92.6 cm³/mol. The molecule has 2 N–H and O–H groups in total. The van der Waals surface area contributed by atoms with Gasteiger partial charge in [0, 0.05) is 19.2 Å². The maximum atomic E-state index is 12.5. The Hall–Kier alpha value is -2.38. The Morgan fingerprint density at radius 1 is 1.12 bits per heavy atom.